The summed E-state index contributed by atoms with van der Waals surface area (Å²) in [6.45, 7) is 19.0. The molecule has 9 heteroatoms. The van der Waals surface area contributed by atoms with Crippen LogP contribution in [-0.4, -0.2) is 85.1 Å². The lowest BCUT2D eigenvalue weighted by molar-refractivity contribution is -0.134. The maximum atomic E-state index is 13.8. The second-order valence-electron chi connectivity index (χ2n) is 14.5. The summed E-state index contributed by atoms with van der Waals surface area (Å²) in [4.78, 5) is 48.9. The van der Waals surface area contributed by atoms with Gasteiger partial charge in [-0.3, -0.25) is 19.3 Å². The molecular weight excluding hydrogens is 590 g/mol. The van der Waals surface area contributed by atoms with Gasteiger partial charge in [-0.25, -0.2) is 0 Å². The third kappa shape index (κ3) is 9.71. The molecule has 1 aromatic carbocycles. The summed E-state index contributed by atoms with van der Waals surface area (Å²) in [5, 5.41) is 3.02. The monoisotopic (exact) mass is 645 g/mol. The Hall–Kier alpha value is -3.61. The first-order valence-corrected chi connectivity index (χ1v) is 17.2. The van der Waals surface area contributed by atoms with E-state index in [2.05, 4.69) is 65.7 Å². The molecule has 2 aromatic rings. The number of ether oxygens (including phenoxy) is 1. The minimum Gasteiger partial charge on any atom is -0.379 e. The van der Waals surface area contributed by atoms with Crippen LogP contribution in [0.1, 0.15) is 98.1 Å². The van der Waals surface area contributed by atoms with Crippen molar-refractivity contribution in [2.45, 2.75) is 99.2 Å². The van der Waals surface area contributed by atoms with E-state index in [9.17, 15) is 14.4 Å². The Labute approximate surface area is 281 Å². The summed E-state index contributed by atoms with van der Waals surface area (Å²) < 4.78 is 5.48. The van der Waals surface area contributed by atoms with E-state index in [0.717, 1.165) is 86.6 Å². The highest BCUT2D eigenvalue weighted by atomic mass is 16.5. The van der Waals surface area contributed by atoms with Crippen LogP contribution in [0.15, 0.2) is 23.0 Å². The van der Waals surface area contributed by atoms with Gasteiger partial charge in [-0.2, -0.15) is 0 Å². The van der Waals surface area contributed by atoms with E-state index >= 15 is 0 Å². The molecule has 1 saturated heterocycles. The number of carbonyl (C=O) groups excluding carboxylic acids is 2. The van der Waals surface area contributed by atoms with Crippen LogP contribution in [0.25, 0.3) is 0 Å². The van der Waals surface area contributed by atoms with E-state index in [1.807, 2.05) is 44.9 Å². The van der Waals surface area contributed by atoms with Crippen molar-refractivity contribution in [3.05, 3.63) is 62.1 Å². The Morgan fingerprint density at radius 1 is 1.04 bits per heavy atom. The predicted octanol–water partition coefficient (Wildman–Crippen LogP) is 4.95. The van der Waals surface area contributed by atoms with E-state index in [1.54, 1.807) is 0 Å². The molecule has 0 atom stereocenters. The fraction of sp³-hybridized carbons (Fsp3) is 0.605. The summed E-state index contributed by atoms with van der Waals surface area (Å²) in [5.74, 6) is 6.67. The molecule has 9 nitrogen and oxygen atoms in total. The highest BCUT2D eigenvalue weighted by Crippen LogP contribution is 2.34. The van der Waals surface area contributed by atoms with Gasteiger partial charge in [-0.05, 0) is 88.1 Å². The molecule has 0 spiro atoms. The van der Waals surface area contributed by atoms with Crippen molar-refractivity contribution in [2.75, 3.05) is 51.3 Å². The first-order chi connectivity index (χ1) is 22.3. The summed E-state index contributed by atoms with van der Waals surface area (Å²) in [6, 6.07) is 6.47. The summed E-state index contributed by atoms with van der Waals surface area (Å²) in [6.07, 6.45) is 4.38. The Bertz CT molecular complexity index is 1530. The molecule has 0 bridgehead atoms. The molecule has 1 aliphatic carbocycles. The minimum absolute atomic E-state index is 0.0339. The predicted molar refractivity (Wildman–Crippen MR) is 189 cm³/mol. The van der Waals surface area contributed by atoms with Gasteiger partial charge in [-0.1, -0.05) is 32.6 Å². The van der Waals surface area contributed by atoms with Crippen LogP contribution < -0.4 is 15.8 Å². The fourth-order valence-corrected chi connectivity index (χ4v) is 6.85. The largest absolute Gasteiger partial charge is 0.379 e. The number of aryl methyl sites for hydroxylation is 2. The van der Waals surface area contributed by atoms with Crippen LogP contribution in [0.2, 0.25) is 0 Å². The van der Waals surface area contributed by atoms with Crippen LogP contribution in [-0.2, 0) is 16.1 Å². The van der Waals surface area contributed by atoms with E-state index in [1.165, 1.54) is 0 Å². The maximum Gasteiger partial charge on any atom is 0.253 e. The first-order valence-electron chi connectivity index (χ1n) is 17.2. The van der Waals surface area contributed by atoms with Gasteiger partial charge < -0.3 is 24.8 Å². The average molecular weight is 646 g/mol. The number of carbonyl (C=O) groups is 2. The van der Waals surface area contributed by atoms with Gasteiger partial charge in [0.25, 0.3) is 11.5 Å². The number of anilines is 1. The standard InChI is InChI=1S/C38H55N5O4/c1-9-43(31-14-12-30(13-15-31)41(8)35(44)24-38(5,6)7)34-23-29(11-10-16-42-17-19-47-20-18-42)22-32(28(34)4)36(45)39-25-33-26(2)21-27(3)40-37(33)46/h21-23,30-31H,9,12-20,24-25H2,1-8H3,(H,39,45)(H,40,46)/t30-,31-. The second kappa shape index (κ2) is 16.0. The SMILES string of the molecule is CCN(c1cc(C#CCN2CCOCC2)cc(C(=O)NCc2c(C)cc(C)[nH]c2=O)c1C)[C@H]1CC[C@H](N(C)C(=O)CC(C)(C)C)CC1. The number of nitrogens with one attached hydrogen (secondary N) is 2. The molecule has 2 aliphatic rings. The number of hydrogen-bond acceptors (Lipinski definition) is 6. The van der Waals surface area contributed by atoms with Crippen molar-refractivity contribution in [1.29, 1.82) is 0 Å². The van der Waals surface area contributed by atoms with Gasteiger partial charge in [0, 0.05) is 79.8 Å². The number of rotatable bonds is 9. The lowest BCUT2D eigenvalue weighted by Crippen LogP contribution is -2.45. The minimum atomic E-state index is -0.223. The zero-order valence-electron chi connectivity index (χ0n) is 29.8. The topological polar surface area (TPSA) is 98.0 Å². The number of aromatic nitrogens is 1. The zero-order chi connectivity index (χ0) is 34.3. The molecule has 47 heavy (non-hydrogen) atoms. The Morgan fingerprint density at radius 3 is 2.32 bits per heavy atom. The highest BCUT2D eigenvalue weighted by Gasteiger charge is 2.31. The second-order valence-corrected chi connectivity index (χ2v) is 14.5. The lowest BCUT2D eigenvalue weighted by Gasteiger charge is -2.41. The van der Waals surface area contributed by atoms with Crippen molar-refractivity contribution >= 4 is 17.5 Å². The van der Waals surface area contributed by atoms with Gasteiger partial charge >= 0.3 is 0 Å². The van der Waals surface area contributed by atoms with Crippen molar-refractivity contribution < 1.29 is 14.3 Å². The van der Waals surface area contributed by atoms with Crippen molar-refractivity contribution in [3.63, 3.8) is 0 Å². The Morgan fingerprint density at radius 2 is 1.70 bits per heavy atom. The fourth-order valence-electron chi connectivity index (χ4n) is 6.85. The Kier molecular flexibility index (Phi) is 12.3. The van der Waals surface area contributed by atoms with Gasteiger partial charge in [0.15, 0.2) is 0 Å². The number of aromatic amines is 1. The first kappa shape index (κ1) is 36.2. The normalized spacial score (nSPS) is 18.6. The summed E-state index contributed by atoms with van der Waals surface area (Å²) >= 11 is 0. The molecule has 2 heterocycles. The van der Waals surface area contributed by atoms with Crippen molar-refractivity contribution in [1.82, 2.24) is 20.1 Å². The third-order valence-corrected chi connectivity index (χ3v) is 9.56. The number of H-pyrrole nitrogens is 1. The quantitative estimate of drug-likeness (QED) is 0.375. The van der Waals surface area contributed by atoms with Crippen LogP contribution in [0, 0.1) is 38.0 Å². The molecule has 1 aromatic heterocycles. The van der Waals surface area contributed by atoms with Crippen LogP contribution in [0.3, 0.4) is 0 Å². The molecule has 1 aliphatic heterocycles. The smallest absolute Gasteiger partial charge is 0.253 e. The van der Waals surface area contributed by atoms with Gasteiger partial charge in [0.2, 0.25) is 5.91 Å². The molecule has 2 fully saturated rings. The molecule has 2 amide bonds. The van der Waals surface area contributed by atoms with E-state index in [-0.39, 0.29) is 35.4 Å². The molecule has 2 N–H and O–H groups in total. The molecule has 0 unspecified atom stereocenters. The van der Waals surface area contributed by atoms with Crippen LogP contribution in [0.4, 0.5) is 5.69 Å². The number of amides is 2. The third-order valence-electron chi connectivity index (χ3n) is 9.56. The zero-order valence-corrected chi connectivity index (χ0v) is 29.8. The molecule has 256 valence electrons. The maximum absolute atomic E-state index is 13.8. The number of morpholine rings is 1. The average Bonchev–Trinajstić information content (AvgIpc) is 3.01. The van der Waals surface area contributed by atoms with Crippen LogP contribution in [0.5, 0.6) is 0 Å². The van der Waals surface area contributed by atoms with Crippen LogP contribution >= 0.6 is 0 Å². The molecule has 0 radical (unpaired) electrons. The summed E-state index contributed by atoms with van der Waals surface area (Å²) in [5.41, 5.74) is 5.27. The molecule has 1 saturated carbocycles. The summed E-state index contributed by atoms with van der Waals surface area (Å²) in [7, 11) is 1.96. The number of hydrogen-bond donors (Lipinski definition) is 2. The van der Waals surface area contributed by atoms with Gasteiger partial charge in [0.05, 0.1) is 19.8 Å². The lowest BCUT2D eigenvalue weighted by atomic mass is 9.87. The van der Waals surface area contributed by atoms with Crippen molar-refractivity contribution in [2.24, 2.45) is 5.41 Å². The Balaban J connectivity index is 1.58. The van der Waals surface area contributed by atoms with Crippen molar-refractivity contribution in [3.8, 4) is 11.8 Å². The number of nitrogens with zero attached hydrogens (tertiary/aromatic N) is 3. The molecule has 4 rings (SSSR count). The van der Waals surface area contributed by atoms with E-state index < -0.39 is 0 Å². The van der Waals surface area contributed by atoms with E-state index in [4.69, 9.17) is 4.74 Å². The highest BCUT2D eigenvalue weighted by molar-refractivity contribution is 5.97. The number of benzene rings is 1. The van der Waals surface area contributed by atoms with Gasteiger partial charge in [-0.15, -0.1) is 0 Å². The van der Waals surface area contributed by atoms with Gasteiger partial charge in [0.1, 0.15) is 0 Å². The van der Waals surface area contributed by atoms with E-state index in [0.29, 0.717) is 30.1 Å². The number of pyridine rings is 1. The molecular formula is C38H55N5O4.